The summed E-state index contributed by atoms with van der Waals surface area (Å²) in [6, 6.07) is 8.20. The monoisotopic (exact) mass is 289 g/mol. The van der Waals surface area contributed by atoms with Crippen LogP contribution in [-0.2, 0) is 16.0 Å². The number of hydrogen-bond donors (Lipinski definition) is 2. The molecule has 1 atom stereocenters. The van der Waals surface area contributed by atoms with Gasteiger partial charge in [-0.2, -0.15) is 0 Å². The molecular formula is C17H23NO3. The van der Waals surface area contributed by atoms with Crippen molar-refractivity contribution in [2.75, 3.05) is 19.8 Å². The van der Waals surface area contributed by atoms with Gasteiger partial charge >= 0.3 is 0 Å². The molecule has 21 heavy (non-hydrogen) atoms. The highest BCUT2D eigenvalue weighted by Gasteiger charge is 2.32. The Bertz CT molecular complexity index is 509. The number of aryl methyl sites for hydroxylation is 1. The molecule has 1 amide bonds. The van der Waals surface area contributed by atoms with E-state index in [1.807, 2.05) is 12.1 Å². The lowest BCUT2D eigenvalue weighted by atomic mass is 9.82. The third kappa shape index (κ3) is 3.27. The van der Waals surface area contributed by atoms with Crippen LogP contribution in [0.5, 0.6) is 0 Å². The molecule has 1 fully saturated rings. The predicted molar refractivity (Wildman–Crippen MR) is 80.1 cm³/mol. The molecule has 1 heterocycles. The Morgan fingerprint density at radius 3 is 2.90 bits per heavy atom. The molecule has 0 spiro atoms. The molecule has 1 unspecified atom stereocenters. The van der Waals surface area contributed by atoms with Crippen molar-refractivity contribution >= 4 is 5.91 Å². The molecule has 2 N–H and O–H groups in total. The first kappa shape index (κ1) is 14.5. The number of ether oxygens (including phenoxy) is 1. The first-order valence-corrected chi connectivity index (χ1v) is 7.84. The minimum absolute atomic E-state index is 0.0436. The number of carbonyl (C=O) groups excluding carboxylic acids is 1. The fourth-order valence-corrected chi connectivity index (χ4v) is 3.33. The van der Waals surface area contributed by atoms with E-state index in [4.69, 9.17) is 4.74 Å². The maximum Gasteiger partial charge on any atom is 0.227 e. The normalized spacial score (nSPS) is 24.1. The Morgan fingerprint density at radius 1 is 1.33 bits per heavy atom. The van der Waals surface area contributed by atoms with Gasteiger partial charge in [0.2, 0.25) is 5.91 Å². The number of rotatable bonds is 3. The Balaban J connectivity index is 1.64. The second-order valence-corrected chi connectivity index (χ2v) is 6.20. The first-order valence-electron chi connectivity index (χ1n) is 7.84. The van der Waals surface area contributed by atoms with Gasteiger partial charge in [0.1, 0.15) is 0 Å². The molecule has 0 bridgehead atoms. The van der Waals surface area contributed by atoms with Crippen LogP contribution in [0, 0.1) is 0 Å². The van der Waals surface area contributed by atoms with E-state index in [1.54, 1.807) is 0 Å². The van der Waals surface area contributed by atoms with Gasteiger partial charge in [-0.25, -0.2) is 0 Å². The van der Waals surface area contributed by atoms with Gasteiger partial charge in [-0.3, -0.25) is 4.79 Å². The van der Waals surface area contributed by atoms with Crippen LogP contribution in [0.25, 0.3) is 0 Å². The summed E-state index contributed by atoms with van der Waals surface area (Å²) in [5.74, 6) is -0.0274. The quantitative estimate of drug-likeness (QED) is 0.891. The van der Waals surface area contributed by atoms with Crippen LogP contribution < -0.4 is 5.32 Å². The summed E-state index contributed by atoms with van der Waals surface area (Å²) >= 11 is 0. The Hall–Kier alpha value is -1.39. The van der Waals surface area contributed by atoms with E-state index in [1.165, 1.54) is 5.56 Å². The lowest BCUT2D eigenvalue weighted by Gasteiger charge is -2.33. The topological polar surface area (TPSA) is 58.6 Å². The largest absolute Gasteiger partial charge is 0.388 e. The van der Waals surface area contributed by atoms with Crippen molar-refractivity contribution in [1.29, 1.82) is 0 Å². The van der Waals surface area contributed by atoms with E-state index in [-0.39, 0.29) is 11.8 Å². The molecule has 3 rings (SSSR count). The van der Waals surface area contributed by atoms with Crippen LogP contribution in [0.15, 0.2) is 24.3 Å². The van der Waals surface area contributed by atoms with Crippen molar-refractivity contribution in [3.05, 3.63) is 35.4 Å². The van der Waals surface area contributed by atoms with Crippen molar-refractivity contribution in [3.8, 4) is 0 Å². The van der Waals surface area contributed by atoms with E-state index in [9.17, 15) is 9.90 Å². The van der Waals surface area contributed by atoms with E-state index in [0.717, 1.165) is 24.8 Å². The Labute approximate surface area is 125 Å². The summed E-state index contributed by atoms with van der Waals surface area (Å²) in [6.07, 6.45) is 4.18. The average Bonchev–Trinajstić information content (AvgIpc) is 2.53. The highest BCUT2D eigenvalue weighted by atomic mass is 16.5. The second kappa shape index (κ2) is 6.16. The van der Waals surface area contributed by atoms with Gasteiger partial charge in [0, 0.05) is 32.6 Å². The number of aliphatic hydroxyl groups is 1. The minimum Gasteiger partial charge on any atom is -0.388 e. The number of hydrogen-bond acceptors (Lipinski definition) is 3. The molecule has 2 aliphatic rings. The molecule has 0 saturated carbocycles. The van der Waals surface area contributed by atoms with Crippen LogP contribution in [-0.4, -0.2) is 36.4 Å². The van der Waals surface area contributed by atoms with Gasteiger partial charge in [-0.15, -0.1) is 0 Å². The van der Waals surface area contributed by atoms with Crippen molar-refractivity contribution < 1.29 is 14.6 Å². The van der Waals surface area contributed by atoms with Crippen molar-refractivity contribution in [3.63, 3.8) is 0 Å². The molecule has 1 aliphatic heterocycles. The number of fused-ring (bicyclic) bond motifs is 1. The van der Waals surface area contributed by atoms with E-state index in [0.29, 0.717) is 32.6 Å². The first-order chi connectivity index (χ1) is 10.2. The molecular weight excluding hydrogens is 266 g/mol. The summed E-state index contributed by atoms with van der Waals surface area (Å²) < 4.78 is 5.26. The van der Waals surface area contributed by atoms with Crippen LogP contribution in [0.2, 0.25) is 0 Å². The number of carbonyl (C=O) groups is 1. The van der Waals surface area contributed by atoms with Gasteiger partial charge in [0.05, 0.1) is 11.5 Å². The molecule has 1 aromatic carbocycles. The highest BCUT2D eigenvalue weighted by Crippen LogP contribution is 2.31. The van der Waals surface area contributed by atoms with Gasteiger partial charge in [-0.05, 0) is 30.4 Å². The third-order valence-corrected chi connectivity index (χ3v) is 4.70. The van der Waals surface area contributed by atoms with Gasteiger partial charge in [0.15, 0.2) is 0 Å². The molecule has 114 valence electrons. The standard InChI is InChI=1S/C17H23NO3/c19-16(18-12-17(20)8-10-21-11-9-17)15-7-3-5-13-4-1-2-6-14(13)15/h1-2,4,6,15,20H,3,5,7-12H2,(H,18,19). The fourth-order valence-electron chi connectivity index (χ4n) is 3.33. The van der Waals surface area contributed by atoms with Crippen LogP contribution >= 0.6 is 0 Å². The molecule has 4 nitrogen and oxygen atoms in total. The molecule has 1 aliphatic carbocycles. The summed E-state index contributed by atoms with van der Waals surface area (Å²) in [4.78, 5) is 12.5. The van der Waals surface area contributed by atoms with Crippen LogP contribution in [0.3, 0.4) is 0 Å². The highest BCUT2D eigenvalue weighted by molar-refractivity contribution is 5.84. The zero-order valence-electron chi connectivity index (χ0n) is 12.3. The molecule has 4 heteroatoms. The Kier molecular flexibility index (Phi) is 4.27. The van der Waals surface area contributed by atoms with Gasteiger partial charge in [0.25, 0.3) is 0 Å². The maximum absolute atomic E-state index is 12.5. The second-order valence-electron chi connectivity index (χ2n) is 6.20. The summed E-state index contributed by atoms with van der Waals surface area (Å²) in [5.41, 5.74) is 1.64. The van der Waals surface area contributed by atoms with Crippen LogP contribution in [0.1, 0.15) is 42.7 Å². The fraction of sp³-hybridized carbons (Fsp3) is 0.588. The van der Waals surface area contributed by atoms with E-state index in [2.05, 4.69) is 17.4 Å². The minimum atomic E-state index is -0.803. The zero-order chi connectivity index (χ0) is 14.7. The van der Waals surface area contributed by atoms with Crippen LogP contribution in [0.4, 0.5) is 0 Å². The smallest absolute Gasteiger partial charge is 0.227 e. The number of benzene rings is 1. The summed E-state index contributed by atoms with van der Waals surface area (Å²) in [7, 11) is 0. The Morgan fingerprint density at radius 2 is 2.10 bits per heavy atom. The number of nitrogens with one attached hydrogen (secondary N) is 1. The summed E-state index contributed by atoms with van der Waals surface area (Å²) in [6.45, 7) is 1.46. The van der Waals surface area contributed by atoms with Crippen molar-refractivity contribution in [2.45, 2.75) is 43.6 Å². The molecule has 0 radical (unpaired) electrons. The predicted octanol–water partition coefficient (Wildman–Crippen LogP) is 1.76. The van der Waals surface area contributed by atoms with E-state index < -0.39 is 5.60 Å². The lowest BCUT2D eigenvalue weighted by Crippen LogP contribution is -2.47. The zero-order valence-corrected chi connectivity index (χ0v) is 12.3. The lowest BCUT2D eigenvalue weighted by molar-refractivity contribution is -0.125. The maximum atomic E-state index is 12.5. The molecule has 1 aromatic rings. The van der Waals surface area contributed by atoms with Gasteiger partial charge < -0.3 is 15.2 Å². The molecule has 1 saturated heterocycles. The van der Waals surface area contributed by atoms with Gasteiger partial charge in [-0.1, -0.05) is 24.3 Å². The van der Waals surface area contributed by atoms with Crippen molar-refractivity contribution in [2.24, 2.45) is 0 Å². The number of amides is 1. The van der Waals surface area contributed by atoms with E-state index >= 15 is 0 Å². The summed E-state index contributed by atoms with van der Waals surface area (Å²) in [5, 5.41) is 13.4. The SMILES string of the molecule is O=C(NCC1(O)CCOCC1)C1CCCc2ccccc21. The third-order valence-electron chi connectivity index (χ3n) is 4.70. The average molecular weight is 289 g/mol. The van der Waals surface area contributed by atoms with Crippen molar-refractivity contribution in [1.82, 2.24) is 5.32 Å². The molecule has 0 aromatic heterocycles.